The van der Waals surface area contributed by atoms with Crippen molar-refractivity contribution in [2.24, 2.45) is 0 Å². The number of hydrogen-bond acceptors (Lipinski definition) is 8. The smallest absolute Gasteiger partial charge is 0.418 e. The van der Waals surface area contributed by atoms with Gasteiger partial charge in [0.05, 0.1) is 40.9 Å². The number of aromatic nitrogens is 3. The van der Waals surface area contributed by atoms with Crippen molar-refractivity contribution < 1.29 is 31.1 Å². The number of sulfone groups is 1. The molecular weight excluding hydrogens is 475 g/mol. The Labute approximate surface area is 193 Å². The average Bonchev–Trinajstić information content (AvgIpc) is 3.56. The van der Waals surface area contributed by atoms with Crippen molar-refractivity contribution in [1.82, 2.24) is 20.3 Å². The molecule has 1 unspecified atom stereocenters. The molecule has 3 aromatic rings. The summed E-state index contributed by atoms with van der Waals surface area (Å²) < 4.78 is 77.0. The molecule has 5 rings (SSSR count). The average molecular weight is 497 g/mol. The number of benzene rings is 1. The molecule has 0 spiro atoms. The number of rotatable bonds is 6. The van der Waals surface area contributed by atoms with E-state index in [4.69, 9.17) is 9.47 Å². The summed E-state index contributed by atoms with van der Waals surface area (Å²) in [4.78, 5) is 11.2. The summed E-state index contributed by atoms with van der Waals surface area (Å²) in [6.07, 6.45) is -2.12. The van der Waals surface area contributed by atoms with Crippen molar-refractivity contribution in [3.8, 4) is 5.75 Å². The minimum atomic E-state index is -4.53. The van der Waals surface area contributed by atoms with Crippen molar-refractivity contribution in [3.05, 3.63) is 35.7 Å². The predicted octanol–water partition coefficient (Wildman–Crippen LogP) is 3.33. The highest BCUT2D eigenvalue weighted by atomic mass is 32.2. The lowest BCUT2D eigenvalue weighted by atomic mass is 10.1. The van der Waals surface area contributed by atoms with Gasteiger partial charge in [-0.15, -0.1) is 0 Å². The molecule has 13 heteroatoms. The molecule has 3 heterocycles. The van der Waals surface area contributed by atoms with E-state index >= 15 is 0 Å². The number of methoxy groups -OCH3 is 1. The Bertz CT molecular complexity index is 1330. The molecule has 2 fully saturated rings. The summed E-state index contributed by atoms with van der Waals surface area (Å²) in [6.45, 7) is 1.05. The molecule has 1 aliphatic carbocycles. The van der Waals surface area contributed by atoms with E-state index in [0.717, 1.165) is 19.0 Å². The highest BCUT2D eigenvalue weighted by Gasteiger charge is 2.38. The first kappa shape index (κ1) is 22.9. The van der Waals surface area contributed by atoms with Crippen LogP contribution in [0.5, 0.6) is 5.75 Å². The van der Waals surface area contributed by atoms with E-state index in [-0.39, 0.29) is 40.1 Å². The molecule has 1 aliphatic heterocycles. The third-order valence-electron chi connectivity index (χ3n) is 5.82. The molecule has 0 amide bonds. The minimum absolute atomic E-state index is 0.0185. The van der Waals surface area contributed by atoms with Gasteiger partial charge in [0, 0.05) is 31.3 Å². The normalized spacial score (nSPS) is 19.4. The van der Waals surface area contributed by atoms with Gasteiger partial charge in [0.25, 0.3) is 0 Å². The number of anilines is 2. The standard InChI is InChI=1S/C21H22F3N5O4S/c1-32-15-8-12(34(30,31)16-10-25-6-7-33-16)4-5-14(15)27-20-28-18(11-2-3-11)17-13(21(22,23)24)9-26-19(17)29-20/h4-5,8-9,11,16,25H,2-3,6-7,10H2,1H3,(H2,26,27,28,29). The van der Waals surface area contributed by atoms with Crippen LogP contribution in [0.2, 0.25) is 0 Å². The van der Waals surface area contributed by atoms with Crippen LogP contribution in [0.1, 0.15) is 30.0 Å². The first-order valence-electron chi connectivity index (χ1n) is 10.7. The van der Waals surface area contributed by atoms with Crippen LogP contribution in [0.4, 0.5) is 24.8 Å². The van der Waals surface area contributed by atoms with Crippen LogP contribution in [0.15, 0.2) is 29.3 Å². The van der Waals surface area contributed by atoms with Gasteiger partial charge in [-0.25, -0.2) is 13.4 Å². The number of nitrogens with zero attached hydrogens (tertiary/aromatic N) is 2. The second-order valence-corrected chi connectivity index (χ2v) is 10.3. The number of morpholine rings is 1. The monoisotopic (exact) mass is 497 g/mol. The molecule has 34 heavy (non-hydrogen) atoms. The first-order valence-corrected chi connectivity index (χ1v) is 12.2. The third-order valence-corrected chi connectivity index (χ3v) is 7.72. The molecule has 182 valence electrons. The highest BCUT2D eigenvalue weighted by molar-refractivity contribution is 7.92. The number of halogens is 3. The quantitative estimate of drug-likeness (QED) is 0.475. The lowest BCUT2D eigenvalue weighted by molar-refractivity contribution is -0.136. The summed E-state index contributed by atoms with van der Waals surface area (Å²) in [7, 11) is -2.38. The van der Waals surface area contributed by atoms with Crippen LogP contribution in [0.3, 0.4) is 0 Å². The number of fused-ring (bicyclic) bond motifs is 1. The van der Waals surface area contributed by atoms with E-state index in [1.165, 1.54) is 25.3 Å². The van der Waals surface area contributed by atoms with E-state index < -0.39 is 27.0 Å². The van der Waals surface area contributed by atoms with Gasteiger partial charge in [-0.2, -0.15) is 18.2 Å². The number of ether oxygens (including phenoxy) is 2. The molecule has 1 saturated heterocycles. The Morgan fingerprint density at radius 2 is 2.03 bits per heavy atom. The summed E-state index contributed by atoms with van der Waals surface area (Å²) in [5, 5.41) is 5.93. The van der Waals surface area contributed by atoms with Crippen LogP contribution in [0, 0.1) is 0 Å². The Kier molecular flexibility index (Phi) is 5.65. The van der Waals surface area contributed by atoms with Gasteiger partial charge in [0.15, 0.2) is 5.44 Å². The molecule has 2 aliphatic rings. The fraction of sp³-hybridized carbons (Fsp3) is 0.429. The number of nitrogens with one attached hydrogen (secondary N) is 3. The fourth-order valence-electron chi connectivity index (χ4n) is 3.96. The maximum Gasteiger partial charge on any atom is 0.418 e. The lowest BCUT2D eigenvalue weighted by Gasteiger charge is -2.24. The zero-order valence-corrected chi connectivity index (χ0v) is 18.9. The SMILES string of the molecule is COc1cc(S(=O)(=O)C2CNCCO2)ccc1Nc1nc(C2CC2)c2c(C(F)(F)F)c[nH]c2n1. The van der Waals surface area contributed by atoms with E-state index in [0.29, 0.717) is 24.5 Å². The topological polar surface area (TPSA) is 118 Å². The van der Waals surface area contributed by atoms with Crippen molar-refractivity contribution in [1.29, 1.82) is 0 Å². The Hall–Kier alpha value is -2.90. The third kappa shape index (κ3) is 4.18. The van der Waals surface area contributed by atoms with Gasteiger partial charge < -0.3 is 25.1 Å². The minimum Gasteiger partial charge on any atom is -0.495 e. The molecular formula is C21H22F3N5O4S. The summed E-state index contributed by atoms with van der Waals surface area (Å²) in [5.41, 5.74) is -1.02. The molecule has 2 aromatic heterocycles. The van der Waals surface area contributed by atoms with E-state index in [2.05, 4.69) is 25.6 Å². The van der Waals surface area contributed by atoms with Crippen LogP contribution in [-0.2, 0) is 20.8 Å². The molecule has 1 atom stereocenters. The second kappa shape index (κ2) is 8.40. The summed E-state index contributed by atoms with van der Waals surface area (Å²) in [6, 6.07) is 4.28. The van der Waals surface area contributed by atoms with E-state index in [1.54, 1.807) is 0 Å². The molecule has 9 nitrogen and oxygen atoms in total. The number of hydrogen-bond donors (Lipinski definition) is 3. The van der Waals surface area contributed by atoms with Crippen LogP contribution in [0.25, 0.3) is 11.0 Å². The Morgan fingerprint density at radius 1 is 1.24 bits per heavy atom. The van der Waals surface area contributed by atoms with Crippen LogP contribution in [-0.4, -0.2) is 55.6 Å². The van der Waals surface area contributed by atoms with E-state index in [1.807, 2.05) is 0 Å². The molecule has 0 bridgehead atoms. The molecule has 1 saturated carbocycles. The Balaban J connectivity index is 1.49. The lowest BCUT2D eigenvalue weighted by Crippen LogP contribution is -2.43. The molecule has 1 aromatic carbocycles. The molecule has 0 radical (unpaired) electrons. The number of H-pyrrole nitrogens is 1. The predicted molar refractivity (Wildman–Crippen MR) is 117 cm³/mol. The first-order chi connectivity index (χ1) is 16.2. The summed E-state index contributed by atoms with van der Waals surface area (Å²) >= 11 is 0. The zero-order valence-electron chi connectivity index (χ0n) is 18.1. The van der Waals surface area contributed by atoms with Gasteiger partial charge in [-0.3, -0.25) is 0 Å². The van der Waals surface area contributed by atoms with Gasteiger partial charge in [-0.1, -0.05) is 0 Å². The Morgan fingerprint density at radius 3 is 2.68 bits per heavy atom. The van der Waals surface area contributed by atoms with Gasteiger partial charge in [-0.05, 0) is 25.0 Å². The van der Waals surface area contributed by atoms with Crippen molar-refractivity contribution >= 4 is 32.5 Å². The van der Waals surface area contributed by atoms with Gasteiger partial charge in [0.2, 0.25) is 15.8 Å². The van der Waals surface area contributed by atoms with Gasteiger partial charge >= 0.3 is 6.18 Å². The van der Waals surface area contributed by atoms with Crippen LogP contribution < -0.4 is 15.4 Å². The number of alkyl halides is 3. The van der Waals surface area contributed by atoms with Gasteiger partial charge in [0.1, 0.15) is 11.4 Å². The van der Waals surface area contributed by atoms with Crippen molar-refractivity contribution in [2.45, 2.75) is 35.3 Å². The highest BCUT2D eigenvalue weighted by Crippen LogP contribution is 2.46. The summed E-state index contributed by atoms with van der Waals surface area (Å²) in [5.74, 6) is 0.226. The zero-order chi connectivity index (χ0) is 24.1. The van der Waals surface area contributed by atoms with Crippen molar-refractivity contribution in [3.63, 3.8) is 0 Å². The van der Waals surface area contributed by atoms with Crippen molar-refractivity contribution in [2.75, 3.05) is 32.1 Å². The second-order valence-electron chi connectivity index (χ2n) is 8.17. The van der Waals surface area contributed by atoms with E-state index in [9.17, 15) is 21.6 Å². The van der Waals surface area contributed by atoms with Crippen LogP contribution >= 0.6 is 0 Å². The maximum atomic E-state index is 13.5. The fourth-order valence-corrected chi connectivity index (χ4v) is 5.40. The number of aromatic amines is 1. The largest absolute Gasteiger partial charge is 0.495 e. The molecule has 3 N–H and O–H groups in total. The maximum absolute atomic E-state index is 13.5.